The van der Waals surface area contributed by atoms with E-state index in [0.29, 0.717) is 27.2 Å². The van der Waals surface area contributed by atoms with Crippen LogP contribution in [0.3, 0.4) is 0 Å². The molecule has 0 aromatic heterocycles. The molecule has 0 spiro atoms. The van der Waals surface area contributed by atoms with Crippen molar-refractivity contribution in [3.05, 3.63) is 63.1 Å². The normalized spacial score (nSPS) is 12.0. The molecule has 0 fully saturated rings. The van der Waals surface area contributed by atoms with Crippen molar-refractivity contribution in [2.45, 2.75) is 12.5 Å². The van der Waals surface area contributed by atoms with Gasteiger partial charge in [0.05, 0.1) is 26.8 Å². The van der Waals surface area contributed by atoms with Crippen LogP contribution in [0.1, 0.15) is 5.56 Å². The van der Waals surface area contributed by atoms with Crippen molar-refractivity contribution in [2.75, 3.05) is 5.32 Å². The molecule has 2 aromatic carbocycles. The Balaban J connectivity index is 2.06. The van der Waals surface area contributed by atoms with E-state index in [1.54, 1.807) is 0 Å². The Kier molecular flexibility index (Phi) is 5.48. The molecule has 0 aliphatic rings. The molecular weight excluding hydrogens is 331 g/mol. The van der Waals surface area contributed by atoms with Crippen LogP contribution in [-0.2, 0) is 11.2 Å². The summed E-state index contributed by atoms with van der Waals surface area (Å²) in [6, 6.07) is 11.8. The lowest BCUT2D eigenvalue weighted by Crippen LogP contribution is -2.37. The van der Waals surface area contributed by atoms with E-state index in [-0.39, 0.29) is 5.91 Å². The summed E-state index contributed by atoms with van der Waals surface area (Å²) >= 11 is 17.8. The molecule has 6 heteroatoms. The Morgan fingerprint density at radius 3 is 2.33 bits per heavy atom. The second kappa shape index (κ2) is 7.14. The van der Waals surface area contributed by atoms with Crippen molar-refractivity contribution in [2.24, 2.45) is 5.73 Å². The van der Waals surface area contributed by atoms with Crippen LogP contribution in [0.4, 0.5) is 5.69 Å². The molecule has 2 rings (SSSR count). The van der Waals surface area contributed by atoms with E-state index in [2.05, 4.69) is 5.32 Å². The third kappa shape index (κ3) is 4.35. The molecule has 0 saturated carbocycles. The summed E-state index contributed by atoms with van der Waals surface area (Å²) in [5.74, 6) is -0.334. The Morgan fingerprint density at radius 2 is 1.67 bits per heavy atom. The summed E-state index contributed by atoms with van der Waals surface area (Å²) in [7, 11) is 0. The number of nitrogens with two attached hydrogens (primary N) is 1. The molecular formula is C15H13Cl3N2O. The van der Waals surface area contributed by atoms with E-state index in [1.165, 1.54) is 12.1 Å². The van der Waals surface area contributed by atoms with Crippen LogP contribution in [0.15, 0.2) is 42.5 Å². The van der Waals surface area contributed by atoms with Gasteiger partial charge in [-0.3, -0.25) is 4.79 Å². The predicted molar refractivity (Wildman–Crippen MR) is 88.2 cm³/mol. The highest BCUT2D eigenvalue weighted by molar-refractivity contribution is 6.44. The molecule has 0 aliphatic carbocycles. The summed E-state index contributed by atoms with van der Waals surface area (Å²) < 4.78 is 0. The summed E-state index contributed by atoms with van der Waals surface area (Å²) in [6.07, 6.45) is 0.436. The van der Waals surface area contributed by atoms with Crippen molar-refractivity contribution in [1.29, 1.82) is 0 Å². The van der Waals surface area contributed by atoms with Gasteiger partial charge in [0.1, 0.15) is 0 Å². The van der Waals surface area contributed by atoms with Gasteiger partial charge in [0, 0.05) is 0 Å². The van der Waals surface area contributed by atoms with Gasteiger partial charge in [-0.05, 0) is 24.1 Å². The molecule has 21 heavy (non-hydrogen) atoms. The zero-order valence-electron chi connectivity index (χ0n) is 10.9. The Labute approximate surface area is 138 Å². The van der Waals surface area contributed by atoms with E-state index >= 15 is 0 Å². The second-order valence-electron chi connectivity index (χ2n) is 4.53. The highest BCUT2D eigenvalue weighted by Crippen LogP contribution is 2.32. The molecule has 1 unspecified atom stereocenters. The topological polar surface area (TPSA) is 55.1 Å². The first-order valence-corrected chi connectivity index (χ1v) is 7.35. The molecule has 0 saturated heterocycles. The van der Waals surface area contributed by atoms with Gasteiger partial charge in [-0.25, -0.2) is 0 Å². The predicted octanol–water partition coefficient (Wildman–Crippen LogP) is 4.16. The number of hydrogen-bond donors (Lipinski definition) is 2. The standard InChI is InChI=1S/C15H13Cl3N2O/c16-10-7-12(18)14(8-11(10)17)20-15(21)13(19)6-9-4-2-1-3-5-9/h1-5,7-8,13H,6,19H2,(H,20,21). The smallest absolute Gasteiger partial charge is 0.241 e. The number of amides is 1. The van der Waals surface area contributed by atoms with E-state index in [1.807, 2.05) is 30.3 Å². The SMILES string of the molecule is NC(Cc1ccccc1)C(=O)Nc1cc(Cl)c(Cl)cc1Cl. The number of anilines is 1. The van der Waals surface area contributed by atoms with Crippen LogP contribution in [-0.4, -0.2) is 11.9 Å². The zero-order valence-corrected chi connectivity index (χ0v) is 13.2. The number of halogens is 3. The Bertz CT molecular complexity index is 647. The molecule has 0 bridgehead atoms. The van der Waals surface area contributed by atoms with Gasteiger partial charge in [0.2, 0.25) is 5.91 Å². The lowest BCUT2D eigenvalue weighted by Gasteiger charge is -2.14. The first-order chi connectivity index (χ1) is 9.97. The fourth-order valence-corrected chi connectivity index (χ4v) is 2.40. The fraction of sp³-hybridized carbons (Fsp3) is 0.133. The van der Waals surface area contributed by atoms with Crippen LogP contribution in [0.5, 0.6) is 0 Å². The molecule has 0 heterocycles. The quantitative estimate of drug-likeness (QED) is 0.819. The van der Waals surface area contributed by atoms with Crippen LogP contribution >= 0.6 is 34.8 Å². The molecule has 3 N–H and O–H groups in total. The van der Waals surface area contributed by atoms with Crippen LogP contribution in [0.25, 0.3) is 0 Å². The maximum Gasteiger partial charge on any atom is 0.241 e. The van der Waals surface area contributed by atoms with Gasteiger partial charge in [-0.2, -0.15) is 0 Å². The number of hydrogen-bond acceptors (Lipinski definition) is 2. The minimum absolute atomic E-state index is 0.310. The zero-order chi connectivity index (χ0) is 15.4. The third-order valence-electron chi connectivity index (χ3n) is 2.90. The maximum atomic E-state index is 12.1. The van der Waals surface area contributed by atoms with Crippen molar-refractivity contribution in [3.8, 4) is 0 Å². The molecule has 1 atom stereocenters. The number of rotatable bonds is 4. The van der Waals surface area contributed by atoms with Crippen molar-refractivity contribution in [1.82, 2.24) is 0 Å². The van der Waals surface area contributed by atoms with Gasteiger partial charge in [-0.15, -0.1) is 0 Å². The minimum Gasteiger partial charge on any atom is -0.323 e. The Hall–Kier alpha value is -1.26. The van der Waals surface area contributed by atoms with Gasteiger partial charge in [0.15, 0.2) is 0 Å². The summed E-state index contributed by atoms with van der Waals surface area (Å²) in [5, 5.41) is 3.61. The van der Waals surface area contributed by atoms with Gasteiger partial charge in [-0.1, -0.05) is 65.1 Å². The summed E-state index contributed by atoms with van der Waals surface area (Å²) in [5.41, 5.74) is 7.28. The average Bonchev–Trinajstić information content (AvgIpc) is 2.45. The van der Waals surface area contributed by atoms with Crippen molar-refractivity contribution >= 4 is 46.4 Å². The number of carbonyl (C=O) groups excluding carboxylic acids is 1. The Morgan fingerprint density at radius 1 is 1.05 bits per heavy atom. The monoisotopic (exact) mass is 342 g/mol. The van der Waals surface area contributed by atoms with Crippen molar-refractivity contribution in [3.63, 3.8) is 0 Å². The van der Waals surface area contributed by atoms with Gasteiger partial charge >= 0.3 is 0 Å². The molecule has 110 valence electrons. The summed E-state index contributed by atoms with van der Waals surface area (Å²) in [6.45, 7) is 0. The van der Waals surface area contributed by atoms with E-state index in [0.717, 1.165) is 5.56 Å². The largest absolute Gasteiger partial charge is 0.323 e. The highest BCUT2D eigenvalue weighted by atomic mass is 35.5. The first kappa shape index (κ1) is 16.1. The highest BCUT2D eigenvalue weighted by Gasteiger charge is 2.16. The molecule has 2 aromatic rings. The molecule has 0 aliphatic heterocycles. The lowest BCUT2D eigenvalue weighted by atomic mass is 10.1. The van der Waals surface area contributed by atoms with Crippen LogP contribution < -0.4 is 11.1 Å². The minimum atomic E-state index is -0.682. The maximum absolute atomic E-state index is 12.1. The van der Waals surface area contributed by atoms with Crippen LogP contribution in [0, 0.1) is 0 Å². The van der Waals surface area contributed by atoms with E-state index in [4.69, 9.17) is 40.5 Å². The first-order valence-electron chi connectivity index (χ1n) is 6.22. The molecule has 1 amide bonds. The van der Waals surface area contributed by atoms with Gasteiger partial charge < -0.3 is 11.1 Å². The molecule has 0 radical (unpaired) electrons. The van der Waals surface area contributed by atoms with E-state index < -0.39 is 6.04 Å². The van der Waals surface area contributed by atoms with E-state index in [9.17, 15) is 4.79 Å². The second-order valence-corrected chi connectivity index (χ2v) is 5.75. The number of nitrogens with one attached hydrogen (secondary N) is 1. The number of benzene rings is 2. The third-order valence-corrected chi connectivity index (χ3v) is 3.94. The fourth-order valence-electron chi connectivity index (χ4n) is 1.80. The van der Waals surface area contributed by atoms with Gasteiger partial charge in [0.25, 0.3) is 0 Å². The van der Waals surface area contributed by atoms with Crippen LogP contribution in [0.2, 0.25) is 15.1 Å². The lowest BCUT2D eigenvalue weighted by molar-refractivity contribution is -0.117. The molecule has 3 nitrogen and oxygen atoms in total. The van der Waals surface area contributed by atoms with Crippen molar-refractivity contribution < 1.29 is 4.79 Å². The average molecular weight is 344 g/mol. The number of carbonyl (C=O) groups is 1. The summed E-state index contributed by atoms with van der Waals surface area (Å²) in [4.78, 5) is 12.1.